The van der Waals surface area contributed by atoms with E-state index in [-0.39, 0.29) is 31.5 Å². The van der Waals surface area contributed by atoms with Crippen LogP contribution in [-0.2, 0) is 27.9 Å². The number of esters is 1. The number of nitrogens with zero attached hydrogens (tertiary/aromatic N) is 1. The van der Waals surface area contributed by atoms with Crippen LogP contribution in [0.3, 0.4) is 0 Å². The third-order valence-electron chi connectivity index (χ3n) is 13.1. The zero-order valence-corrected chi connectivity index (χ0v) is 49.7. The van der Waals surface area contributed by atoms with Crippen LogP contribution in [0.1, 0.15) is 258 Å². The number of allylic oxidation sites excluding steroid dienone is 13. The number of nitrogens with one attached hydrogen (secondary N) is 1. The molecular formula is C64H116N2O7P+. The molecule has 428 valence electrons. The molecule has 0 aromatic rings. The van der Waals surface area contributed by atoms with Gasteiger partial charge in [-0.05, 0) is 102 Å². The van der Waals surface area contributed by atoms with Crippen molar-refractivity contribution in [3.8, 4) is 0 Å². The van der Waals surface area contributed by atoms with Gasteiger partial charge in [-0.3, -0.25) is 18.6 Å². The van der Waals surface area contributed by atoms with Crippen LogP contribution in [0.4, 0.5) is 0 Å². The minimum absolute atomic E-state index is 0.0319. The van der Waals surface area contributed by atoms with E-state index in [1.807, 2.05) is 33.3 Å². The van der Waals surface area contributed by atoms with E-state index in [2.05, 4.69) is 99.0 Å². The maximum Gasteiger partial charge on any atom is 0.472 e. The average Bonchev–Trinajstić information content (AvgIpc) is 3.36. The Bertz CT molecular complexity index is 1540. The number of unbranched alkanes of at least 4 members (excludes halogenated alkanes) is 26. The summed E-state index contributed by atoms with van der Waals surface area (Å²) in [6, 6.07) is -0.864. The maximum atomic E-state index is 13.5. The van der Waals surface area contributed by atoms with E-state index in [9.17, 15) is 19.0 Å². The quantitative estimate of drug-likeness (QED) is 0.0205. The van der Waals surface area contributed by atoms with Crippen molar-refractivity contribution in [2.75, 3.05) is 40.9 Å². The van der Waals surface area contributed by atoms with Gasteiger partial charge >= 0.3 is 13.8 Å². The topological polar surface area (TPSA) is 111 Å². The molecule has 0 fully saturated rings. The average molecular weight is 1060 g/mol. The zero-order valence-electron chi connectivity index (χ0n) is 48.8. The summed E-state index contributed by atoms with van der Waals surface area (Å²) in [5.41, 5.74) is 0. The highest BCUT2D eigenvalue weighted by Crippen LogP contribution is 2.43. The molecule has 0 aliphatic carbocycles. The number of carbonyl (C=O) groups is 2. The molecule has 10 heteroatoms. The van der Waals surface area contributed by atoms with Gasteiger partial charge in [-0.2, -0.15) is 0 Å². The smallest absolute Gasteiger partial charge is 0.456 e. The Kier molecular flexibility index (Phi) is 51.5. The molecule has 0 saturated carbocycles. The molecule has 0 aromatic carbocycles. The molecule has 9 nitrogen and oxygen atoms in total. The Morgan fingerprint density at radius 2 is 0.865 bits per heavy atom. The van der Waals surface area contributed by atoms with E-state index >= 15 is 0 Å². The van der Waals surface area contributed by atoms with Crippen LogP contribution < -0.4 is 5.32 Å². The maximum absolute atomic E-state index is 13.5. The molecule has 0 bridgehead atoms. The first kappa shape index (κ1) is 71.2. The Morgan fingerprint density at radius 3 is 1.32 bits per heavy atom. The van der Waals surface area contributed by atoms with Crippen LogP contribution in [0.2, 0.25) is 0 Å². The van der Waals surface area contributed by atoms with Gasteiger partial charge in [0.15, 0.2) is 0 Å². The Balaban J connectivity index is 5.34. The largest absolute Gasteiger partial charge is 0.472 e. The molecule has 0 aliphatic rings. The van der Waals surface area contributed by atoms with Crippen molar-refractivity contribution in [3.05, 3.63) is 85.1 Å². The minimum atomic E-state index is -4.46. The van der Waals surface area contributed by atoms with Gasteiger partial charge in [0.2, 0.25) is 5.91 Å². The lowest BCUT2D eigenvalue weighted by Crippen LogP contribution is -2.47. The molecule has 74 heavy (non-hydrogen) atoms. The number of hydrogen-bond donors (Lipinski definition) is 2. The van der Waals surface area contributed by atoms with Crippen molar-refractivity contribution in [1.82, 2.24) is 5.32 Å². The first-order chi connectivity index (χ1) is 35.9. The van der Waals surface area contributed by atoms with E-state index in [0.29, 0.717) is 23.9 Å². The number of ether oxygens (including phenoxy) is 1. The number of amides is 1. The SMILES string of the molecule is CC/C=C/C/C=C/CCCCCCCCCC(=O)NC(COP(=O)(O)OCC[N+](C)(C)C)C(/C=C\CCCCCCCCCCCCC)OC(=O)CCCCCCC/C=C\C/C=C\C/C=C\C/C=C\CCCCC. The molecular weight excluding hydrogens is 940 g/mol. The summed E-state index contributed by atoms with van der Waals surface area (Å²) in [7, 11) is 1.47. The zero-order chi connectivity index (χ0) is 54.3. The summed E-state index contributed by atoms with van der Waals surface area (Å²) >= 11 is 0. The highest BCUT2D eigenvalue weighted by atomic mass is 31.2. The number of rotatable bonds is 54. The summed E-state index contributed by atoms with van der Waals surface area (Å²) in [5.74, 6) is -0.537. The molecule has 1 amide bonds. The van der Waals surface area contributed by atoms with Gasteiger partial charge in [0.05, 0.1) is 33.8 Å². The summed E-state index contributed by atoms with van der Waals surface area (Å²) in [4.78, 5) is 37.7. The van der Waals surface area contributed by atoms with E-state index in [1.165, 1.54) is 103 Å². The fraction of sp³-hybridized carbons (Fsp3) is 0.750. The lowest BCUT2D eigenvalue weighted by Gasteiger charge is -2.27. The fourth-order valence-corrected chi connectivity index (χ4v) is 9.11. The van der Waals surface area contributed by atoms with Crippen LogP contribution in [0.15, 0.2) is 85.1 Å². The Labute approximate surface area is 456 Å². The molecule has 0 aromatic heterocycles. The van der Waals surface area contributed by atoms with Crippen molar-refractivity contribution in [2.24, 2.45) is 0 Å². The monoisotopic (exact) mass is 1060 g/mol. The number of phosphoric ester groups is 1. The lowest BCUT2D eigenvalue weighted by atomic mass is 10.0. The summed E-state index contributed by atoms with van der Waals surface area (Å²) in [6.45, 7) is 6.86. The second kappa shape index (κ2) is 53.6. The third kappa shape index (κ3) is 54.0. The molecule has 0 aliphatic heterocycles. The summed E-state index contributed by atoms with van der Waals surface area (Å²) in [5, 5.41) is 3.04. The lowest BCUT2D eigenvalue weighted by molar-refractivity contribution is -0.870. The number of quaternary nitrogens is 1. The van der Waals surface area contributed by atoms with Crippen molar-refractivity contribution >= 4 is 19.7 Å². The number of likely N-dealkylation sites (N-methyl/N-ethyl adjacent to an activating group) is 1. The van der Waals surface area contributed by atoms with Gasteiger partial charge in [-0.1, -0.05) is 228 Å². The van der Waals surface area contributed by atoms with Crippen molar-refractivity contribution in [3.63, 3.8) is 0 Å². The van der Waals surface area contributed by atoms with E-state index in [1.54, 1.807) is 0 Å². The molecule has 0 heterocycles. The number of hydrogen-bond acceptors (Lipinski definition) is 6. The molecule has 0 rings (SSSR count). The number of carbonyl (C=O) groups excluding carboxylic acids is 2. The highest BCUT2D eigenvalue weighted by molar-refractivity contribution is 7.47. The summed E-state index contributed by atoms with van der Waals surface area (Å²) in [6.07, 6.45) is 70.0. The molecule has 0 saturated heterocycles. The van der Waals surface area contributed by atoms with Crippen LogP contribution >= 0.6 is 7.82 Å². The third-order valence-corrected chi connectivity index (χ3v) is 14.1. The van der Waals surface area contributed by atoms with Gasteiger partial charge in [0, 0.05) is 12.8 Å². The first-order valence-corrected chi connectivity index (χ1v) is 31.9. The van der Waals surface area contributed by atoms with Crippen LogP contribution in [-0.4, -0.2) is 74.3 Å². The highest BCUT2D eigenvalue weighted by Gasteiger charge is 2.30. The standard InChI is InChI=1S/C64H115N2O7P/c1-7-10-13-16-19-22-25-28-30-31-32-33-34-35-36-39-42-45-48-51-54-57-64(68)73-62(55-52-49-46-43-40-37-27-24-21-18-15-12-9-3)61(60-72-74(69,70)71-59-58-66(4,5)6)65-63(67)56-53-50-47-44-41-38-29-26-23-20-17-14-11-8-2/h11,14,19-20,22-23,28,30,32-33,35-36,52,55,61-62H,7-10,12-13,15-18,21,24-27,29,31,34,37-51,53-54,56-60H2,1-6H3,(H-,65,67,69,70)/p+1/b14-11+,22-19-,23-20+,30-28-,33-32-,36-35-,55-52-. The van der Waals surface area contributed by atoms with Gasteiger partial charge in [0.25, 0.3) is 0 Å². The van der Waals surface area contributed by atoms with Crippen molar-refractivity contribution in [2.45, 2.75) is 270 Å². The van der Waals surface area contributed by atoms with E-state index < -0.39 is 20.0 Å². The second-order valence-corrected chi connectivity index (χ2v) is 22.9. The molecule has 0 radical (unpaired) electrons. The van der Waals surface area contributed by atoms with Crippen LogP contribution in [0.25, 0.3) is 0 Å². The van der Waals surface area contributed by atoms with E-state index in [4.69, 9.17) is 13.8 Å². The predicted molar refractivity (Wildman–Crippen MR) is 318 cm³/mol. The minimum Gasteiger partial charge on any atom is -0.456 e. The second-order valence-electron chi connectivity index (χ2n) is 21.5. The van der Waals surface area contributed by atoms with Crippen LogP contribution in [0, 0.1) is 0 Å². The molecule has 3 unspecified atom stereocenters. The van der Waals surface area contributed by atoms with Gasteiger partial charge in [-0.15, -0.1) is 0 Å². The fourth-order valence-electron chi connectivity index (χ4n) is 8.37. The van der Waals surface area contributed by atoms with Crippen molar-refractivity contribution < 1.29 is 37.3 Å². The number of phosphoric acid groups is 1. The molecule has 0 spiro atoms. The predicted octanol–water partition coefficient (Wildman–Crippen LogP) is 18.6. The normalized spacial score (nSPS) is 14.3. The van der Waals surface area contributed by atoms with Gasteiger partial charge < -0.3 is 19.4 Å². The molecule has 2 N–H and O–H groups in total. The Hall–Kier alpha value is -2.81. The first-order valence-electron chi connectivity index (χ1n) is 30.4. The molecule has 3 atom stereocenters. The van der Waals surface area contributed by atoms with Gasteiger partial charge in [0.1, 0.15) is 19.3 Å². The van der Waals surface area contributed by atoms with Gasteiger partial charge in [-0.25, -0.2) is 4.57 Å². The summed E-state index contributed by atoms with van der Waals surface area (Å²) < 4.78 is 30.7. The Morgan fingerprint density at radius 1 is 0.486 bits per heavy atom. The van der Waals surface area contributed by atoms with Crippen molar-refractivity contribution in [1.29, 1.82) is 0 Å². The van der Waals surface area contributed by atoms with E-state index in [0.717, 1.165) is 116 Å². The van der Waals surface area contributed by atoms with Crippen LogP contribution in [0.5, 0.6) is 0 Å².